The van der Waals surface area contributed by atoms with Gasteiger partial charge in [0.15, 0.2) is 5.82 Å². The zero-order chi connectivity index (χ0) is 17.0. The van der Waals surface area contributed by atoms with Gasteiger partial charge in [0.05, 0.1) is 24.1 Å². The number of rotatable bonds is 2. The molecule has 3 aromatic heterocycles. The number of carbonyl (C=O) groups is 1. The van der Waals surface area contributed by atoms with Crippen LogP contribution in [0, 0.1) is 6.92 Å². The molecule has 122 valence electrons. The molecule has 4 aromatic rings. The Balaban J connectivity index is 1.66. The molecule has 0 saturated heterocycles. The molecule has 1 aromatic carbocycles. The van der Waals surface area contributed by atoms with Crippen LogP contribution in [0.5, 0.6) is 0 Å². The largest absolute Gasteiger partial charge is 0.441 e. The van der Waals surface area contributed by atoms with E-state index in [1.54, 1.807) is 23.3 Å². The van der Waals surface area contributed by atoms with Crippen molar-refractivity contribution < 1.29 is 9.21 Å². The lowest BCUT2D eigenvalue weighted by molar-refractivity contribution is -0.113. The quantitative estimate of drug-likeness (QED) is 0.607. The first-order valence-electron chi connectivity index (χ1n) is 7.73. The van der Waals surface area contributed by atoms with Gasteiger partial charge in [-0.15, -0.1) is 0 Å². The molecule has 1 N–H and O–H groups in total. The van der Waals surface area contributed by atoms with Crippen molar-refractivity contribution >= 4 is 28.2 Å². The number of aromatic nitrogens is 5. The number of H-pyrrole nitrogens is 1. The fraction of sp³-hybridized carbons (Fsp3) is 0.118. The Kier molecular flexibility index (Phi) is 2.75. The van der Waals surface area contributed by atoms with E-state index in [2.05, 4.69) is 25.3 Å². The summed E-state index contributed by atoms with van der Waals surface area (Å²) in [4.78, 5) is 21.3. The van der Waals surface area contributed by atoms with Crippen LogP contribution in [0.25, 0.3) is 22.4 Å². The molecule has 0 amide bonds. The molecular weight excluding hydrogens is 320 g/mol. The minimum Gasteiger partial charge on any atom is -0.441 e. The third-order valence-corrected chi connectivity index (χ3v) is 4.15. The standard InChI is InChI=1S/C17H12N6O2/c1-9-5-18-17(25-9)12-7-20-23-8-14(24)15(21-16(12)23)10-2-3-13-11(4-10)6-19-22-13/h2-7H,8H2,1H3,(H,19,22). The Morgan fingerprint density at radius 1 is 1.24 bits per heavy atom. The van der Waals surface area contributed by atoms with Crippen molar-refractivity contribution in [1.82, 2.24) is 25.0 Å². The predicted octanol–water partition coefficient (Wildman–Crippen LogP) is 2.43. The smallest absolute Gasteiger partial charge is 0.231 e. The molecule has 0 unspecified atom stereocenters. The van der Waals surface area contributed by atoms with E-state index in [1.165, 1.54) is 0 Å². The van der Waals surface area contributed by atoms with Crippen LogP contribution in [0.2, 0.25) is 0 Å². The van der Waals surface area contributed by atoms with Crippen LogP contribution in [0.3, 0.4) is 0 Å². The lowest BCUT2D eigenvalue weighted by atomic mass is 10.0. The van der Waals surface area contributed by atoms with Crippen molar-refractivity contribution in [3.8, 4) is 11.5 Å². The average Bonchev–Trinajstić information content (AvgIpc) is 3.32. The van der Waals surface area contributed by atoms with E-state index in [0.29, 0.717) is 28.7 Å². The molecule has 0 radical (unpaired) electrons. The number of hydrogen-bond donors (Lipinski definition) is 1. The van der Waals surface area contributed by atoms with E-state index < -0.39 is 0 Å². The Labute approximate surface area is 141 Å². The van der Waals surface area contributed by atoms with Gasteiger partial charge in [-0.1, -0.05) is 6.07 Å². The number of aryl methyl sites for hydroxylation is 1. The highest BCUT2D eigenvalue weighted by atomic mass is 16.4. The van der Waals surface area contributed by atoms with Gasteiger partial charge in [0, 0.05) is 10.9 Å². The monoisotopic (exact) mass is 332 g/mol. The fourth-order valence-corrected chi connectivity index (χ4v) is 2.94. The Hall–Kier alpha value is -3.55. The van der Waals surface area contributed by atoms with Gasteiger partial charge < -0.3 is 4.42 Å². The summed E-state index contributed by atoms with van der Waals surface area (Å²) in [7, 11) is 0. The minimum absolute atomic E-state index is 0.0893. The van der Waals surface area contributed by atoms with Gasteiger partial charge in [0.1, 0.15) is 23.6 Å². The van der Waals surface area contributed by atoms with Gasteiger partial charge in [-0.05, 0) is 19.1 Å². The molecule has 0 aliphatic carbocycles. The molecule has 0 saturated carbocycles. The van der Waals surface area contributed by atoms with Crippen LogP contribution in [0.4, 0.5) is 5.82 Å². The van der Waals surface area contributed by atoms with Crippen molar-refractivity contribution in [2.24, 2.45) is 4.99 Å². The lowest BCUT2D eigenvalue weighted by Crippen LogP contribution is -2.25. The molecule has 0 spiro atoms. The van der Waals surface area contributed by atoms with Crippen LogP contribution < -0.4 is 0 Å². The maximum Gasteiger partial charge on any atom is 0.231 e. The number of fused-ring (bicyclic) bond motifs is 2. The molecule has 0 fully saturated rings. The van der Waals surface area contributed by atoms with Crippen molar-refractivity contribution in [3.05, 3.63) is 48.1 Å². The second-order valence-electron chi connectivity index (χ2n) is 5.87. The Morgan fingerprint density at radius 3 is 3.00 bits per heavy atom. The highest BCUT2D eigenvalue weighted by Gasteiger charge is 2.26. The maximum atomic E-state index is 12.5. The summed E-state index contributed by atoms with van der Waals surface area (Å²) in [6, 6.07) is 5.65. The third-order valence-electron chi connectivity index (χ3n) is 4.15. The first-order valence-corrected chi connectivity index (χ1v) is 7.73. The summed E-state index contributed by atoms with van der Waals surface area (Å²) in [5.41, 5.74) is 2.73. The number of oxazole rings is 1. The second kappa shape index (κ2) is 4.97. The van der Waals surface area contributed by atoms with Crippen molar-refractivity contribution in [1.29, 1.82) is 0 Å². The highest BCUT2D eigenvalue weighted by molar-refractivity contribution is 6.47. The van der Waals surface area contributed by atoms with Crippen LogP contribution in [0.1, 0.15) is 11.3 Å². The molecule has 5 rings (SSSR count). The topological polar surface area (TPSA) is 102 Å². The maximum absolute atomic E-state index is 12.5. The summed E-state index contributed by atoms with van der Waals surface area (Å²) in [6.07, 6.45) is 4.99. The average molecular weight is 332 g/mol. The van der Waals surface area contributed by atoms with Gasteiger partial charge >= 0.3 is 0 Å². The number of hydrogen-bond acceptors (Lipinski definition) is 6. The zero-order valence-corrected chi connectivity index (χ0v) is 13.2. The highest BCUT2D eigenvalue weighted by Crippen LogP contribution is 2.32. The summed E-state index contributed by atoms with van der Waals surface area (Å²) in [5.74, 6) is 1.63. The van der Waals surface area contributed by atoms with Crippen molar-refractivity contribution in [3.63, 3.8) is 0 Å². The molecule has 0 atom stereocenters. The van der Waals surface area contributed by atoms with Gasteiger partial charge in [-0.3, -0.25) is 9.89 Å². The van der Waals surface area contributed by atoms with Gasteiger partial charge in [0.25, 0.3) is 0 Å². The first-order chi connectivity index (χ1) is 12.2. The number of carbonyl (C=O) groups excluding carboxylic acids is 1. The number of nitrogens with one attached hydrogen (secondary N) is 1. The van der Waals surface area contributed by atoms with Gasteiger partial charge in [0.2, 0.25) is 11.7 Å². The van der Waals surface area contributed by atoms with Crippen molar-refractivity contribution in [2.45, 2.75) is 13.5 Å². The molecule has 1 aliphatic heterocycles. The minimum atomic E-state index is -0.0893. The summed E-state index contributed by atoms with van der Waals surface area (Å²) >= 11 is 0. The normalized spacial score (nSPS) is 14.0. The summed E-state index contributed by atoms with van der Waals surface area (Å²) in [5, 5.41) is 12.1. The number of ketones is 1. The van der Waals surface area contributed by atoms with Crippen molar-refractivity contribution in [2.75, 3.05) is 0 Å². The molecule has 8 nitrogen and oxygen atoms in total. The molecule has 4 heterocycles. The zero-order valence-electron chi connectivity index (χ0n) is 13.2. The van der Waals surface area contributed by atoms with E-state index >= 15 is 0 Å². The van der Waals surface area contributed by atoms with E-state index in [1.807, 2.05) is 25.1 Å². The molecular formula is C17H12N6O2. The summed E-state index contributed by atoms with van der Waals surface area (Å²) in [6.45, 7) is 1.96. The van der Waals surface area contributed by atoms with Crippen LogP contribution >= 0.6 is 0 Å². The molecule has 0 bridgehead atoms. The van der Waals surface area contributed by atoms with E-state index in [9.17, 15) is 4.79 Å². The number of nitrogens with zero attached hydrogens (tertiary/aromatic N) is 5. The Morgan fingerprint density at radius 2 is 2.16 bits per heavy atom. The molecule has 1 aliphatic rings. The third kappa shape index (κ3) is 2.11. The van der Waals surface area contributed by atoms with Crippen LogP contribution in [0.15, 0.2) is 46.2 Å². The van der Waals surface area contributed by atoms with Crippen LogP contribution in [-0.4, -0.2) is 36.5 Å². The number of benzene rings is 1. The van der Waals surface area contributed by atoms with Crippen LogP contribution in [-0.2, 0) is 11.3 Å². The Bertz CT molecular complexity index is 1160. The van der Waals surface area contributed by atoms with E-state index in [0.717, 1.165) is 16.5 Å². The molecule has 8 heteroatoms. The number of aromatic amines is 1. The summed E-state index contributed by atoms with van der Waals surface area (Å²) < 4.78 is 7.14. The van der Waals surface area contributed by atoms with E-state index in [4.69, 9.17) is 4.42 Å². The van der Waals surface area contributed by atoms with Gasteiger partial charge in [-0.25, -0.2) is 14.7 Å². The predicted molar refractivity (Wildman–Crippen MR) is 89.8 cm³/mol. The van der Waals surface area contributed by atoms with Gasteiger partial charge in [-0.2, -0.15) is 10.2 Å². The fourth-order valence-electron chi connectivity index (χ4n) is 2.94. The number of aliphatic imine (C=N–C) groups is 1. The second-order valence-corrected chi connectivity index (χ2v) is 5.87. The molecule has 25 heavy (non-hydrogen) atoms. The van der Waals surface area contributed by atoms with E-state index in [-0.39, 0.29) is 12.3 Å². The first kappa shape index (κ1) is 13.8. The SMILES string of the molecule is Cc1cnc(-c2cnn3c2N=C(c2ccc4[nH]ncc4c2)C(=O)C3)o1. The lowest BCUT2D eigenvalue weighted by Gasteiger charge is -2.14. The number of Topliss-reactive ketones (excluding diaryl/α,β-unsaturated/α-hetero) is 1.